The number of hydrogen-bond acceptors (Lipinski definition) is 3. The Morgan fingerprint density at radius 1 is 0.857 bits per heavy atom. The van der Waals surface area contributed by atoms with E-state index in [0.29, 0.717) is 5.92 Å². The van der Waals surface area contributed by atoms with Crippen molar-refractivity contribution in [1.29, 1.82) is 0 Å². The number of anilines is 1. The van der Waals surface area contributed by atoms with Gasteiger partial charge in [-0.3, -0.25) is 4.79 Å². The zero-order valence-electron chi connectivity index (χ0n) is 15.9. The Kier molecular flexibility index (Phi) is 4.13. The van der Waals surface area contributed by atoms with Crippen LogP contribution >= 0.6 is 11.8 Å². The van der Waals surface area contributed by atoms with E-state index in [-0.39, 0.29) is 11.0 Å². The molecule has 2 aliphatic rings. The average Bonchev–Trinajstić information content (AvgIpc) is 2.89. The van der Waals surface area contributed by atoms with Gasteiger partial charge in [0, 0.05) is 21.6 Å². The quantitative estimate of drug-likeness (QED) is 0.535. The minimum atomic E-state index is -0.0349. The first kappa shape index (κ1) is 17.3. The van der Waals surface area contributed by atoms with Crippen LogP contribution in [0.15, 0.2) is 83.3 Å². The van der Waals surface area contributed by atoms with E-state index < -0.39 is 0 Å². The summed E-state index contributed by atoms with van der Waals surface area (Å²) in [5.41, 5.74) is 7.16. The second kappa shape index (κ2) is 6.68. The molecule has 1 heterocycles. The predicted octanol–water partition coefficient (Wildman–Crippen LogP) is 6.68. The lowest BCUT2D eigenvalue weighted by Crippen LogP contribution is -2.07. The number of para-hydroxylation sites is 1. The minimum absolute atomic E-state index is 0.0349. The SMILES string of the molecule is CC(C)c1ccc([C@@H]2Sc3ccccc3NC3=C2C(=O)c2ccccc23)cc1. The fraction of sp³-hybridized carbons (Fsp3) is 0.160. The van der Waals surface area contributed by atoms with E-state index >= 15 is 0 Å². The molecule has 0 amide bonds. The molecular weight excluding hydrogens is 362 g/mol. The van der Waals surface area contributed by atoms with Gasteiger partial charge in [-0.05, 0) is 29.2 Å². The molecule has 1 aliphatic heterocycles. The van der Waals surface area contributed by atoms with Crippen LogP contribution in [0.2, 0.25) is 0 Å². The van der Waals surface area contributed by atoms with Crippen molar-refractivity contribution in [3.63, 3.8) is 0 Å². The first-order valence-corrected chi connectivity index (χ1v) is 10.5. The van der Waals surface area contributed by atoms with Gasteiger partial charge in [0.2, 0.25) is 0 Å². The molecule has 0 aromatic heterocycles. The van der Waals surface area contributed by atoms with Gasteiger partial charge < -0.3 is 5.32 Å². The zero-order chi connectivity index (χ0) is 19.3. The molecule has 2 nitrogen and oxygen atoms in total. The van der Waals surface area contributed by atoms with Crippen molar-refractivity contribution in [3.05, 3.63) is 101 Å². The highest BCUT2D eigenvalue weighted by atomic mass is 32.2. The van der Waals surface area contributed by atoms with Gasteiger partial charge in [0.15, 0.2) is 5.78 Å². The smallest absolute Gasteiger partial charge is 0.193 e. The fourth-order valence-corrected chi connectivity index (χ4v) is 5.26. The second-order valence-corrected chi connectivity index (χ2v) is 8.75. The Balaban J connectivity index is 1.69. The molecule has 0 saturated carbocycles. The topological polar surface area (TPSA) is 29.1 Å². The lowest BCUT2D eigenvalue weighted by atomic mass is 9.97. The molecule has 3 aromatic rings. The third-order valence-corrected chi connectivity index (χ3v) is 6.87. The summed E-state index contributed by atoms with van der Waals surface area (Å²) >= 11 is 1.75. The first-order chi connectivity index (χ1) is 13.6. The van der Waals surface area contributed by atoms with Crippen LogP contribution in [-0.2, 0) is 0 Å². The molecule has 138 valence electrons. The lowest BCUT2D eigenvalue weighted by Gasteiger charge is -2.18. The van der Waals surface area contributed by atoms with Gasteiger partial charge in [-0.25, -0.2) is 0 Å². The molecule has 3 heteroatoms. The van der Waals surface area contributed by atoms with Crippen LogP contribution in [-0.4, -0.2) is 5.78 Å². The highest BCUT2D eigenvalue weighted by molar-refractivity contribution is 8.00. The summed E-state index contributed by atoms with van der Waals surface area (Å²) in [5.74, 6) is 0.627. The Labute approximate surface area is 169 Å². The number of nitrogens with one attached hydrogen (secondary N) is 1. The Hall–Kier alpha value is -2.78. The van der Waals surface area contributed by atoms with Gasteiger partial charge in [-0.15, -0.1) is 11.8 Å². The molecule has 1 aliphatic carbocycles. The summed E-state index contributed by atoms with van der Waals surface area (Å²) in [7, 11) is 0. The summed E-state index contributed by atoms with van der Waals surface area (Å²) < 4.78 is 0. The van der Waals surface area contributed by atoms with Crippen LogP contribution in [0.25, 0.3) is 5.70 Å². The number of carbonyl (C=O) groups excluding carboxylic acids is 1. The third kappa shape index (κ3) is 2.70. The van der Waals surface area contributed by atoms with E-state index in [0.717, 1.165) is 28.1 Å². The van der Waals surface area contributed by atoms with Crippen LogP contribution in [0.4, 0.5) is 5.69 Å². The van der Waals surface area contributed by atoms with Crippen LogP contribution in [0.3, 0.4) is 0 Å². The van der Waals surface area contributed by atoms with Gasteiger partial charge in [0.25, 0.3) is 0 Å². The summed E-state index contributed by atoms with van der Waals surface area (Å²) in [4.78, 5) is 14.5. The standard InChI is InChI=1S/C25H21NOS/c1-15(2)16-11-13-17(14-12-16)25-22-23(18-7-3-4-8-19(18)24(22)27)26-20-9-5-6-10-21(20)28-25/h3-15,25-26H,1-2H3/t25-/m0/s1. The molecule has 0 spiro atoms. The Morgan fingerprint density at radius 3 is 2.29 bits per heavy atom. The summed E-state index contributed by atoms with van der Waals surface area (Å²) in [6.45, 7) is 4.40. The van der Waals surface area contributed by atoms with E-state index in [9.17, 15) is 4.79 Å². The van der Waals surface area contributed by atoms with Crippen molar-refractivity contribution in [2.24, 2.45) is 0 Å². The fourth-order valence-electron chi connectivity index (χ4n) is 3.97. The Bertz CT molecular complexity index is 1110. The molecule has 0 bridgehead atoms. The monoisotopic (exact) mass is 383 g/mol. The molecule has 0 radical (unpaired) electrons. The number of rotatable bonds is 2. The number of ketones is 1. The highest BCUT2D eigenvalue weighted by Gasteiger charge is 2.37. The maximum atomic E-state index is 13.4. The summed E-state index contributed by atoms with van der Waals surface area (Å²) in [6, 6.07) is 25.0. The first-order valence-electron chi connectivity index (χ1n) is 9.64. The maximum absolute atomic E-state index is 13.4. The number of carbonyl (C=O) groups is 1. The number of thioether (sulfide) groups is 1. The van der Waals surface area contributed by atoms with Gasteiger partial charge in [-0.1, -0.05) is 74.5 Å². The zero-order valence-corrected chi connectivity index (χ0v) is 16.7. The van der Waals surface area contributed by atoms with E-state index in [4.69, 9.17) is 0 Å². The molecule has 1 N–H and O–H groups in total. The van der Waals surface area contributed by atoms with E-state index in [1.807, 2.05) is 30.3 Å². The number of hydrogen-bond donors (Lipinski definition) is 1. The second-order valence-electron chi connectivity index (χ2n) is 7.60. The molecule has 0 fully saturated rings. The average molecular weight is 384 g/mol. The van der Waals surface area contributed by atoms with Crippen LogP contribution < -0.4 is 5.32 Å². The molecule has 0 unspecified atom stereocenters. The Morgan fingerprint density at radius 2 is 1.54 bits per heavy atom. The summed E-state index contributed by atoms with van der Waals surface area (Å²) in [5, 5.41) is 3.54. The van der Waals surface area contributed by atoms with Gasteiger partial charge in [-0.2, -0.15) is 0 Å². The molecule has 0 saturated heterocycles. The van der Waals surface area contributed by atoms with Crippen molar-refractivity contribution in [3.8, 4) is 0 Å². The van der Waals surface area contributed by atoms with Crippen LogP contribution in [0.1, 0.15) is 52.1 Å². The van der Waals surface area contributed by atoms with E-state index in [2.05, 4.69) is 61.6 Å². The van der Waals surface area contributed by atoms with E-state index in [1.165, 1.54) is 16.0 Å². The predicted molar refractivity (Wildman–Crippen MR) is 117 cm³/mol. The molecule has 5 rings (SSSR count). The van der Waals surface area contributed by atoms with Crippen molar-refractivity contribution >= 4 is 28.9 Å². The van der Waals surface area contributed by atoms with Crippen molar-refractivity contribution < 1.29 is 4.79 Å². The van der Waals surface area contributed by atoms with Crippen molar-refractivity contribution in [2.45, 2.75) is 29.9 Å². The van der Waals surface area contributed by atoms with Gasteiger partial charge >= 0.3 is 0 Å². The third-order valence-electron chi connectivity index (χ3n) is 5.51. The van der Waals surface area contributed by atoms with Crippen molar-refractivity contribution in [2.75, 3.05) is 5.32 Å². The van der Waals surface area contributed by atoms with Gasteiger partial charge in [0.05, 0.1) is 16.6 Å². The largest absolute Gasteiger partial charge is 0.354 e. The van der Waals surface area contributed by atoms with Crippen LogP contribution in [0.5, 0.6) is 0 Å². The van der Waals surface area contributed by atoms with E-state index in [1.54, 1.807) is 11.8 Å². The molecule has 3 aromatic carbocycles. The van der Waals surface area contributed by atoms with Crippen LogP contribution in [0, 0.1) is 0 Å². The number of benzene rings is 3. The highest BCUT2D eigenvalue weighted by Crippen LogP contribution is 2.52. The maximum Gasteiger partial charge on any atom is 0.193 e. The van der Waals surface area contributed by atoms with Crippen molar-refractivity contribution in [1.82, 2.24) is 0 Å². The van der Waals surface area contributed by atoms with Gasteiger partial charge in [0.1, 0.15) is 0 Å². The molecule has 1 atom stereocenters. The molecule has 28 heavy (non-hydrogen) atoms. The molecular formula is C25H21NOS. The number of fused-ring (bicyclic) bond motifs is 3. The minimum Gasteiger partial charge on any atom is -0.354 e. The number of Topliss-reactive ketones (excluding diaryl/α,β-unsaturated/α-hetero) is 1. The summed E-state index contributed by atoms with van der Waals surface area (Å²) in [6.07, 6.45) is 0. The lowest BCUT2D eigenvalue weighted by molar-refractivity contribution is 0.103. The normalized spacial score (nSPS) is 17.7.